The Morgan fingerprint density at radius 3 is 2.66 bits per heavy atom. The predicted octanol–water partition coefficient (Wildman–Crippen LogP) is 5.67. The molecular formula is C23H14BrN3O2. The van der Waals surface area contributed by atoms with Gasteiger partial charge in [0.05, 0.1) is 23.0 Å². The van der Waals surface area contributed by atoms with E-state index in [0.717, 1.165) is 43.3 Å². The average molecular weight is 444 g/mol. The van der Waals surface area contributed by atoms with Gasteiger partial charge in [0.15, 0.2) is 0 Å². The van der Waals surface area contributed by atoms with E-state index in [9.17, 15) is 4.79 Å². The average Bonchev–Trinajstić information content (AvgIpc) is 3.22. The number of nitrogens with zero attached hydrogens (tertiary/aromatic N) is 1. The van der Waals surface area contributed by atoms with E-state index < -0.39 is 0 Å². The number of hydrogen-bond acceptors (Lipinski definition) is 4. The third-order valence-electron chi connectivity index (χ3n) is 5.55. The maximum atomic E-state index is 13.2. The Bertz CT molecular complexity index is 1470. The molecule has 6 heteroatoms. The highest BCUT2D eigenvalue weighted by atomic mass is 79.9. The van der Waals surface area contributed by atoms with Crippen LogP contribution in [0, 0.1) is 0 Å². The Kier molecular flexibility index (Phi) is 3.46. The van der Waals surface area contributed by atoms with Crippen molar-refractivity contribution in [2.75, 3.05) is 5.32 Å². The standard InChI is InChI=1S/C23H14BrN3O2/c24-14-8-5-12(6-9-14)18-19-16(10-7-13-11-25-27-21(13)19)26-22-15-3-1-2-4-17(15)29-23(28)20(18)22/h1-11,18,26H,(H,25,27). The second kappa shape index (κ2) is 6.06. The molecule has 0 aliphatic carbocycles. The van der Waals surface area contributed by atoms with E-state index in [1.54, 1.807) is 6.20 Å². The third kappa shape index (κ3) is 2.39. The fourth-order valence-electron chi connectivity index (χ4n) is 4.27. The van der Waals surface area contributed by atoms with Crippen molar-refractivity contribution < 1.29 is 4.42 Å². The van der Waals surface area contributed by atoms with Gasteiger partial charge in [0.1, 0.15) is 5.58 Å². The lowest BCUT2D eigenvalue weighted by Crippen LogP contribution is -2.22. The van der Waals surface area contributed by atoms with Gasteiger partial charge in [-0.25, -0.2) is 4.79 Å². The Hall–Kier alpha value is -3.38. The second-order valence-electron chi connectivity index (χ2n) is 7.14. The molecule has 5 nitrogen and oxygen atoms in total. The molecule has 3 aromatic carbocycles. The molecule has 2 N–H and O–H groups in total. The van der Waals surface area contributed by atoms with E-state index in [1.165, 1.54) is 0 Å². The van der Waals surface area contributed by atoms with Crippen molar-refractivity contribution in [3.8, 4) is 0 Å². The first-order chi connectivity index (χ1) is 14.2. The fourth-order valence-corrected chi connectivity index (χ4v) is 4.54. The lowest BCUT2D eigenvalue weighted by molar-refractivity contribution is 0.549. The van der Waals surface area contributed by atoms with Crippen LogP contribution in [0.3, 0.4) is 0 Å². The smallest absolute Gasteiger partial charge is 0.342 e. The van der Waals surface area contributed by atoms with E-state index in [1.807, 2.05) is 60.7 Å². The number of hydrogen-bond donors (Lipinski definition) is 2. The number of nitrogens with one attached hydrogen (secondary N) is 2. The van der Waals surface area contributed by atoms with Gasteiger partial charge in [-0.1, -0.05) is 40.2 Å². The number of para-hydroxylation sites is 1. The monoisotopic (exact) mass is 443 g/mol. The van der Waals surface area contributed by atoms with Crippen LogP contribution in [0.5, 0.6) is 0 Å². The van der Waals surface area contributed by atoms with Crippen molar-refractivity contribution in [2.45, 2.75) is 5.92 Å². The molecule has 5 aromatic rings. The zero-order chi connectivity index (χ0) is 19.5. The summed E-state index contributed by atoms with van der Waals surface area (Å²) in [7, 11) is 0. The highest BCUT2D eigenvalue weighted by Gasteiger charge is 2.34. The van der Waals surface area contributed by atoms with E-state index in [2.05, 4.69) is 31.4 Å². The largest absolute Gasteiger partial charge is 0.422 e. The molecule has 0 bridgehead atoms. The van der Waals surface area contributed by atoms with Crippen molar-refractivity contribution in [1.29, 1.82) is 0 Å². The molecule has 140 valence electrons. The summed E-state index contributed by atoms with van der Waals surface area (Å²) < 4.78 is 6.70. The van der Waals surface area contributed by atoms with Crippen LogP contribution in [0.1, 0.15) is 22.6 Å². The Morgan fingerprint density at radius 1 is 0.966 bits per heavy atom. The first kappa shape index (κ1) is 16.6. The van der Waals surface area contributed by atoms with Crippen molar-refractivity contribution in [2.24, 2.45) is 0 Å². The van der Waals surface area contributed by atoms with Crippen LogP contribution in [0.25, 0.3) is 21.9 Å². The van der Waals surface area contributed by atoms with Crippen LogP contribution in [0.15, 0.2) is 80.5 Å². The number of halogens is 1. The molecule has 1 atom stereocenters. The van der Waals surface area contributed by atoms with E-state index in [-0.39, 0.29) is 11.5 Å². The van der Waals surface area contributed by atoms with Gasteiger partial charge in [0, 0.05) is 32.4 Å². The summed E-state index contributed by atoms with van der Waals surface area (Å²) in [6.45, 7) is 0. The summed E-state index contributed by atoms with van der Waals surface area (Å²) in [5, 5.41) is 12.7. The third-order valence-corrected chi connectivity index (χ3v) is 6.08. The van der Waals surface area contributed by atoms with Crippen LogP contribution >= 0.6 is 15.9 Å². The number of H-pyrrole nitrogens is 1. The number of anilines is 2. The summed E-state index contributed by atoms with van der Waals surface area (Å²) in [6, 6.07) is 19.8. The van der Waals surface area contributed by atoms with Crippen LogP contribution < -0.4 is 10.9 Å². The van der Waals surface area contributed by atoms with Crippen molar-refractivity contribution in [1.82, 2.24) is 10.2 Å². The van der Waals surface area contributed by atoms with Crippen LogP contribution in [0.4, 0.5) is 11.4 Å². The van der Waals surface area contributed by atoms with E-state index in [4.69, 9.17) is 4.42 Å². The van der Waals surface area contributed by atoms with Crippen LogP contribution in [-0.4, -0.2) is 10.2 Å². The Morgan fingerprint density at radius 2 is 1.79 bits per heavy atom. The highest BCUT2D eigenvalue weighted by Crippen LogP contribution is 2.48. The minimum absolute atomic E-state index is 0.278. The maximum absolute atomic E-state index is 13.2. The molecule has 6 rings (SSSR count). The van der Waals surface area contributed by atoms with Gasteiger partial charge in [0.2, 0.25) is 0 Å². The van der Waals surface area contributed by atoms with Gasteiger partial charge in [-0.2, -0.15) is 5.10 Å². The highest BCUT2D eigenvalue weighted by molar-refractivity contribution is 9.10. The number of aromatic nitrogens is 2. The second-order valence-corrected chi connectivity index (χ2v) is 8.06. The molecule has 0 saturated carbocycles. The number of rotatable bonds is 1. The minimum Gasteiger partial charge on any atom is -0.422 e. The molecule has 0 fully saturated rings. The molecule has 1 aliphatic rings. The molecule has 0 amide bonds. The van der Waals surface area contributed by atoms with Gasteiger partial charge < -0.3 is 9.73 Å². The molecule has 2 aromatic heterocycles. The lowest BCUT2D eigenvalue weighted by Gasteiger charge is -2.29. The molecule has 0 radical (unpaired) electrons. The molecular weight excluding hydrogens is 430 g/mol. The zero-order valence-electron chi connectivity index (χ0n) is 15.1. The van der Waals surface area contributed by atoms with Crippen molar-refractivity contribution >= 4 is 49.2 Å². The molecule has 3 heterocycles. The van der Waals surface area contributed by atoms with Crippen LogP contribution in [-0.2, 0) is 0 Å². The summed E-state index contributed by atoms with van der Waals surface area (Å²) >= 11 is 3.50. The minimum atomic E-state index is -0.332. The molecule has 1 aliphatic heterocycles. The van der Waals surface area contributed by atoms with Gasteiger partial charge in [-0.15, -0.1) is 0 Å². The fraction of sp³-hybridized carbons (Fsp3) is 0.0435. The summed E-state index contributed by atoms with van der Waals surface area (Å²) in [5.74, 6) is -0.278. The molecule has 0 saturated heterocycles. The molecule has 1 unspecified atom stereocenters. The first-order valence-corrected chi connectivity index (χ1v) is 10.0. The Labute approximate surface area is 173 Å². The first-order valence-electron chi connectivity index (χ1n) is 9.25. The molecule has 0 spiro atoms. The summed E-state index contributed by atoms with van der Waals surface area (Å²) in [6.07, 6.45) is 1.80. The Balaban J connectivity index is 1.76. The SMILES string of the molecule is O=c1oc2ccccc2c2c1C(c1ccc(Br)cc1)c1c(ccc3cn[nH]c13)N2. The molecule has 29 heavy (non-hydrogen) atoms. The van der Waals surface area contributed by atoms with E-state index in [0.29, 0.717) is 11.1 Å². The van der Waals surface area contributed by atoms with E-state index >= 15 is 0 Å². The van der Waals surface area contributed by atoms with Gasteiger partial charge in [-0.3, -0.25) is 5.10 Å². The maximum Gasteiger partial charge on any atom is 0.342 e. The summed E-state index contributed by atoms with van der Waals surface area (Å²) in [4.78, 5) is 13.2. The number of fused-ring (bicyclic) bond motifs is 6. The number of benzene rings is 3. The zero-order valence-corrected chi connectivity index (χ0v) is 16.7. The van der Waals surface area contributed by atoms with Gasteiger partial charge >= 0.3 is 5.63 Å². The lowest BCUT2D eigenvalue weighted by atomic mass is 9.80. The van der Waals surface area contributed by atoms with Crippen molar-refractivity contribution in [3.05, 3.63) is 98.4 Å². The van der Waals surface area contributed by atoms with Gasteiger partial charge in [0.25, 0.3) is 0 Å². The normalized spacial score (nSPS) is 15.1. The number of aromatic amines is 1. The van der Waals surface area contributed by atoms with Gasteiger partial charge in [-0.05, 0) is 42.0 Å². The topological polar surface area (TPSA) is 70.9 Å². The van der Waals surface area contributed by atoms with Crippen LogP contribution in [0.2, 0.25) is 0 Å². The summed E-state index contributed by atoms with van der Waals surface area (Å²) in [5.41, 5.74) is 5.54. The predicted molar refractivity (Wildman–Crippen MR) is 117 cm³/mol. The quantitative estimate of drug-likeness (QED) is 0.321. The van der Waals surface area contributed by atoms with Crippen molar-refractivity contribution in [3.63, 3.8) is 0 Å².